The molecule has 0 aliphatic heterocycles. The molecule has 0 saturated carbocycles. The van der Waals surface area contributed by atoms with Crippen molar-refractivity contribution in [1.82, 2.24) is 0 Å². The molecule has 1 N–H and O–H groups in total. The smallest absolute Gasteiger partial charge is 0.291 e. The first-order valence-electron chi connectivity index (χ1n) is 7.38. The second-order valence-corrected chi connectivity index (χ2v) is 6.35. The molecule has 0 spiro atoms. The summed E-state index contributed by atoms with van der Waals surface area (Å²) in [6, 6.07) is 14.4. The van der Waals surface area contributed by atoms with Gasteiger partial charge in [0.2, 0.25) is 0 Å². The van der Waals surface area contributed by atoms with Crippen molar-refractivity contribution < 1.29 is 9.21 Å². The molecule has 1 heterocycles. The Balaban J connectivity index is 1.86. The van der Waals surface area contributed by atoms with Crippen LogP contribution in [0.4, 0.5) is 5.69 Å². The van der Waals surface area contributed by atoms with Crippen LogP contribution in [0.15, 0.2) is 52.9 Å². The lowest BCUT2D eigenvalue weighted by atomic mass is 10.1. The number of benzene rings is 2. The van der Waals surface area contributed by atoms with Gasteiger partial charge in [0.15, 0.2) is 5.76 Å². The zero-order chi connectivity index (χ0) is 17.3. The van der Waals surface area contributed by atoms with E-state index in [-0.39, 0.29) is 11.7 Å². The van der Waals surface area contributed by atoms with Crippen LogP contribution in [0.3, 0.4) is 0 Å². The number of nitrogens with one attached hydrogen (secondary N) is 1. The first kappa shape index (κ1) is 16.6. The first-order valence-corrected chi connectivity index (χ1v) is 8.14. The minimum absolute atomic E-state index is 0.195. The first-order chi connectivity index (χ1) is 11.5. The van der Waals surface area contributed by atoms with E-state index in [0.717, 1.165) is 16.7 Å². The molecule has 0 aliphatic carbocycles. The molecule has 3 nitrogen and oxygen atoms in total. The summed E-state index contributed by atoms with van der Waals surface area (Å²) in [7, 11) is 0. The molecule has 3 rings (SSSR count). The van der Waals surface area contributed by atoms with Gasteiger partial charge < -0.3 is 9.73 Å². The monoisotopic (exact) mass is 359 g/mol. The van der Waals surface area contributed by atoms with Crippen molar-refractivity contribution in [2.75, 3.05) is 5.32 Å². The topological polar surface area (TPSA) is 42.2 Å². The Hall–Kier alpha value is -2.23. The largest absolute Gasteiger partial charge is 0.451 e. The number of rotatable bonds is 3. The van der Waals surface area contributed by atoms with Gasteiger partial charge >= 0.3 is 0 Å². The average Bonchev–Trinajstić information content (AvgIpc) is 3.01. The fraction of sp³-hybridized carbons (Fsp3) is 0.105. The molecule has 122 valence electrons. The Morgan fingerprint density at radius 3 is 2.46 bits per heavy atom. The molecule has 0 fully saturated rings. The van der Waals surface area contributed by atoms with E-state index in [0.29, 0.717) is 21.5 Å². The van der Waals surface area contributed by atoms with Gasteiger partial charge in [0, 0.05) is 5.56 Å². The molecule has 1 amide bonds. The van der Waals surface area contributed by atoms with E-state index < -0.39 is 0 Å². The predicted octanol–water partition coefficient (Wildman–Crippen LogP) is 6.12. The number of carbonyl (C=O) groups is 1. The summed E-state index contributed by atoms with van der Waals surface area (Å²) in [6.45, 7) is 3.85. The fourth-order valence-corrected chi connectivity index (χ4v) is 3.11. The summed E-state index contributed by atoms with van der Waals surface area (Å²) in [5.41, 5.74) is 3.26. The Morgan fingerprint density at radius 2 is 1.75 bits per heavy atom. The quantitative estimate of drug-likeness (QED) is 0.611. The molecule has 1 aromatic heterocycles. The highest BCUT2D eigenvalue weighted by Gasteiger charge is 2.16. The summed E-state index contributed by atoms with van der Waals surface area (Å²) in [6.07, 6.45) is 0. The van der Waals surface area contributed by atoms with Gasteiger partial charge in [0.25, 0.3) is 5.91 Å². The Labute approximate surface area is 150 Å². The van der Waals surface area contributed by atoms with Crippen molar-refractivity contribution in [3.63, 3.8) is 0 Å². The Bertz CT molecular complexity index is 892. The van der Waals surface area contributed by atoms with Gasteiger partial charge in [-0.15, -0.1) is 0 Å². The van der Waals surface area contributed by atoms with Crippen LogP contribution in [0.25, 0.3) is 11.3 Å². The number of hydrogen-bond donors (Lipinski definition) is 1. The number of amides is 1. The van der Waals surface area contributed by atoms with Crippen molar-refractivity contribution in [3.05, 3.63) is 75.5 Å². The number of aryl methyl sites for hydroxylation is 2. The van der Waals surface area contributed by atoms with Gasteiger partial charge in [-0.1, -0.05) is 41.4 Å². The van der Waals surface area contributed by atoms with Crippen LogP contribution >= 0.6 is 23.2 Å². The highest BCUT2D eigenvalue weighted by molar-refractivity contribution is 6.34. The number of hydrogen-bond acceptors (Lipinski definition) is 2. The molecule has 0 atom stereocenters. The van der Waals surface area contributed by atoms with Crippen LogP contribution < -0.4 is 5.32 Å². The summed E-state index contributed by atoms with van der Waals surface area (Å²) in [5.74, 6) is 0.376. The lowest BCUT2D eigenvalue weighted by Crippen LogP contribution is -2.12. The fourth-order valence-electron chi connectivity index (χ4n) is 2.51. The molecule has 0 saturated heterocycles. The van der Waals surface area contributed by atoms with Crippen LogP contribution in [-0.2, 0) is 0 Å². The van der Waals surface area contributed by atoms with E-state index in [4.69, 9.17) is 27.6 Å². The molecule has 0 radical (unpaired) electrons. The lowest BCUT2D eigenvalue weighted by molar-refractivity contribution is 0.0997. The number of halogens is 2. The maximum atomic E-state index is 12.4. The van der Waals surface area contributed by atoms with Crippen LogP contribution in [0.2, 0.25) is 10.0 Å². The number of carbonyl (C=O) groups excluding carboxylic acids is 1. The van der Waals surface area contributed by atoms with Gasteiger partial charge in [-0.05, 0) is 55.3 Å². The van der Waals surface area contributed by atoms with E-state index >= 15 is 0 Å². The van der Waals surface area contributed by atoms with Gasteiger partial charge in [0.05, 0.1) is 15.7 Å². The molecular weight excluding hydrogens is 345 g/mol. The third-order valence-corrected chi connectivity index (χ3v) is 4.27. The van der Waals surface area contributed by atoms with Gasteiger partial charge in [-0.3, -0.25) is 4.79 Å². The molecule has 0 unspecified atom stereocenters. The zero-order valence-corrected chi connectivity index (χ0v) is 14.7. The van der Waals surface area contributed by atoms with Crippen molar-refractivity contribution >= 4 is 34.8 Å². The molecule has 2 aromatic carbocycles. The third kappa shape index (κ3) is 3.32. The van der Waals surface area contributed by atoms with Gasteiger partial charge in [-0.2, -0.15) is 0 Å². The molecule has 0 aliphatic rings. The summed E-state index contributed by atoms with van der Waals surface area (Å²) in [5, 5.41) is 3.87. The molecular formula is C19H15Cl2NO2. The molecule has 0 bridgehead atoms. The van der Waals surface area contributed by atoms with E-state index in [1.54, 1.807) is 18.2 Å². The third-order valence-electron chi connectivity index (χ3n) is 3.64. The molecule has 24 heavy (non-hydrogen) atoms. The Morgan fingerprint density at radius 1 is 1.00 bits per heavy atom. The second-order valence-electron chi connectivity index (χ2n) is 5.54. The maximum Gasteiger partial charge on any atom is 0.291 e. The number of anilines is 1. The van der Waals surface area contributed by atoms with Crippen molar-refractivity contribution in [2.24, 2.45) is 0 Å². The molecule has 3 aromatic rings. The van der Waals surface area contributed by atoms with Crippen LogP contribution in [0.1, 0.15) is 21.7 Å². The predicted molar refractivity (Wildman–Crippen MR) is 98.0 cm³/mol. The minimum Gasteiger partial charge on any atom is -0.451 e. The standard InChI is InChI=1S/C19H15Cl2NO2/c1-11-9-12(2)18(15(21)10-11)22-19(23)17-8-7-16(24-17)13-5-3-4-6-14(13)20/h3-10H,1-2H3,(H,22,23). The van der Waals surface area contributed by atoms with Crippen LogP contribution in [0, 0.1) is 13.8 Å². The van der Waals surface area contributed by atoms with Crippen molar-refractivity contribution in [1.29, 1.82) is 0 Å². The van der Waals surface area contributed by atoms with E-state index in [9.17, 15) is 4.79 Å². The van der Waals surface area contributed by atoms with Gasteiger partial charge in [-0.25, -0.2) is 0 Å². The lowest BCUT2D eigenvalue weighted by Gasteiger charge is -2.10. The molecule has 5 heteroatoms. The SMILES string of the molecule is Cc1cc(C)c(NC(=O)c2ccc(-c3ccccc3Cl)o2)c(Cl)c1. The van der Waals surface area contributed by atoms with Crippen molar-refractivity contribution in [3.8, 4) is 11.3 Å². The van der Waals surface area contributed by atoms with Gasteiger partial charge in [0.1, 0.15) is 5.76 Å². The average molecular weight is 360 g/mol. The highest BCUT2D eigenvalue weighted by Crippen LogP contribution is 2.31. The summed E-state index contributed by atoms with van der Waals surface area (Å²) >= 11 is 12.4. The normalized spacial score (nSPS) is 10.7. The van der Waals surface area contributed by atoms with E-state index in [1.807, 2.05) is 44.2 Å². The zero-order valence-electron chi connectivity index (χ0n) is 13.2. The van der Waals surface area contributed by atoms with Crippen LogP contribution in [0.5, 0.6) is 0 Å². The van der Waals surface area contributed by atoms with Crippen molar-refractivity contribution in [2.45, 2.75) is 13.8 Å². The van der Waals surface area contributed by atoms with E-state index in [1.165, 1.54) is 0 Å². The van der Waals surface area contributed by atoms with Crippen LogP contribution in [-0.4, -0.2) is 5.91 Å². The summed E-state index contributed by atoms with van der Waals surface area (Å²) in [4.78, 5) is 12.4. The maximum absolute atomic E-state index is 12.4. The summed E-state index contributed by atoms with van der Waals surface area (Å²) < 4.78 is 5.65. The Kier molecular flexibility index (Phi) is 4.65. The highest BCUT2D eigenvalue weighted by atomic mass is 35.5. The number of furan rings is 1. The van der Waals surface area contributed by atoms with E-state index in [2.05, 4.69) is 5.32 Å². The second kappa shape index (κ2) is 6.71. The minimum atomic E-state index is -0.359.